The van der Waals surface area contributed by atoms with Crippen molar-refractivity contribution < 1.29 is 14.3 Å². The standard InChI is InChI=1S/C22H29NO3/c1-22(2,3)18-10-7-16(8-11-18)15-23(4)21(24)14-17-9-12-19(25-5)20(13-17)26-6/h7-13H,14-15H2,1-6H3. The van der Waals surface area contributed by atoms with Gasteiger partial charge in [-0.25, -0.2) is 0 Å². The van der Waals surface area contributed by atoms with Crippen molar-refractivity contribution >= 4 is 5.91 Å². The van der Waals surface area contributed by atoms with Crippen LogP contribution in [0.5, 0.6) is 11.5 Å². The van der Waals surface area contributed by atoms with Gasteiger partial charge < -0.3 is 14.4 Å². The molecule has 2 rings (SSSR count). The third-order valence-electron chi connectivity index (χ3n) is 4.47. The van der Waals surface area contributed by atoms with Crippen molar-refractivity contribution in [3.05, 3.63) is 59.2 Å². The summed E-state index contributed by atoms with van der Waals surface area (Å²) < 4.78 is 10.5. The van der Waals surface area contributed by atoms with Crippen LogP contribution in [0.1, 0.15) is 37.5 Å². The first-order valence-electron chi connectivity index (χ1n) is 8.79. The van der Waals surface area contributed by atoms with E-state index in [1.54, 1.807) is 19.1 Å². The molecule has 4 nitrogen and oxygen atoms in total. The minimum atomic E-state index is 0.0668. The van der Waals surface area contributed by atoms with Gasteiger partial charge in [0.1, 0.15) is 0 Å². The highest BCUT2D eigenvalue weighted by Gasteiger charge is 2.15. The molecule has 0 unspecified atom stereocenters. The lowest BCUT2D eigenvalue weighted by Crippen LogP contribution is -2.27. The third kappa shape index (κ3) is 5.01. The Kier molecular flexibility index (Phi) is 6.30. The van der Waals surface area contributed by atoms with E-state index >= 15 is 0 Å². The topological polar surface area (TPSA) is 38.8 Å². The first-order chi connectivity index (χ1) is 12.2. The van der Waals surface area contributed by atoms with Crippen LogP contribution >= 0.6 is 0 Å². The van der Waals surface area contributed by atoms with Crippen LogP contribution in [0.3, 0.4) is 0 Å². The first-order valence-corrected chi connectivity index (χ1v) is 8.79. The Morgan fingerprint density at radius 2 is 1.50 bits per heavy atom. The number of hydrogen-bond donors (Lipinski definition) is 0. The predicted molar refractivity (Wildman–Crippen MR) is 105 cm³/mol. The summed E-state index contributed by atoms with van der Waals surface area (Å²) >= 11 is 0. The van der Waals surface area contributed by atoms with Gasteiger partial charge in [0.25, 0.3) is 0 Å². The number of ether oxygens (including phenoxy) is 2. The van der Waals surface area contributed by atoms with E-state index in [0.717, 1.165) is 11.1 Å². The van der Waals surface area contributed by atoms with Crippen LogP contribution in [0.2, 0.25) is 0 Å². The Hall–Kier alpha value is -2.49. The number of hydrogen-bond acceptors (Lipinski definition) is 3. The summed E-state index contributed by atoms with van der Waals surface area (Å²) in [5, 5.41) is 0. The molecule has 0 atom stereocenters. The Balaban J connectivity index is 2.01. The number of amides is 1. The van der Waals surface area contributed by atoms with Gasteiger partial charge in [0.05, 0.1) is 20.6 Å². The molecule has 26 heavy (non-hydrogen) atoms. The number of benzene rings is 2. The number of likely N-dealkylation sites (N-methyl/N-ethyl adjacent to an activating group) is 1. The van der Waals surface area contributed by atoms with Gasteiger partial charge in [0.15, 0.2) is 11.5 Å². The van der Waals surface area contributed by atoms with Gasteiger partial charge in [-0.3, -0.25) is 4.79 Å². The molecule has 2 aromatic rings. The van der Waals surface area contributed by atoms with E-state index in [2.05, 4.69) is 45.0 Å². The number of carbonyl (C=O) groups is 1. The molecular weight excluding hydrogens is 326 g/mol. The highest BCUT2D eigenvalue weighted by molar-refractivity contribution is 5.78. The van der Waals surface area contributed by atoms with Crippen molar-refractivity contribution in [2.75, 3.05) is 21.3 Å². The van der Waals surface area contributed by atoms with Gasteiger partial charge in [-0.15, -0.1) is 0 Å². The molecule has 0 aromatic heterocycles. The fraction of sp³-hybridized carbons (Fsp3) is 0.409. The summed E-state index contributed by atoms with van der Waals surface area (Å²) in [5.74, 6) is 1.37. The fourth-order valence-corrected chi connectivity index (χ4v) is 2.77. The SMILES string of the molecule is COc1ccc(CC(=O)N(C)Cc2ccc(C(C)(C)C)cc2)cc1OC. The molecule has 0 saturated carbocycles. The maximum atomic E-state index is 12.6. The van der Waals surface area contributed by atoms with E-state index < -0.39 is 0 Å². The summed E-state index contributed by atoms with van der Waals surface area (Å²) in [6.45, 7) is 7.18. The summed E-state index contributed by atoms with van der Waals surface area (Å²) in [5.41, 5.74) is 3.46. The smallest absolute Gasteiger partial charge is 0.227 e. The average Bonchev–Trinajstić information content (AvgIpc) is 2.61. The summed E-state index contributed by atoms with van der Waals surface area (Å²) in [7, 11) is 5.03. The maximum Gasteiger partial charge on any atom is 0.227 e. The van der Waals surface area contributed by atoms with Gasteiger partial charge in [0, 0.05) is 13.6 Å². The largest absolute Gasteiger partial charge is 0.493 e. The highest BCUT2D eigenvalue weighted by Crippen LogP contribution is 2.28. The van der Waals surface area contributed by atoms with Crippen molar-refractivity contribution in [3.63, 3.8) is 0 Å². The van der Waals surface area contributed by atoms with Crippen LogP contribution in [0.15, 0.2) is 42.5 Å². The second-order valence-electron chi connectivity index (χ2n) is 7.56. The van der Waals surface area contributed by atoms with Gasteiger partial charge in [-0.2, -0.15) is 0 Å². The fourth-order valence-electron chi connectivity index (χ4n) is 2.77. The first kappa shape index (κ1) is 19.8. The second-order valence-corrected chi connectivity index (χ2v) is 7.56. The number of rotatable bonds is 6. The van der Waals surface area contributed by atoms with Crippen LogP contribution in [0.25, 0.3) is 0 Å². The molecule has 0 aliphatic carbocycles. The molecule has 0 aliphatic rings. The van der Waals surface area contributed by atoms with E-state index in [-0.39, 0.29) is 11.3 Å². The zero-order valence-electron chi connectivity index (χ0n) is 16.6. The molecule has 140 valence electrons. The van der Waals surface area contributed by atoms with Gasteiger partial charge >= 0.3 is 0 Å². The molecule has 0 heterocycles. The predicted octanol–water partition coefficient (Wildman–Crippen LogP) is 4.20. The van der Waals surface area contributed by atoms with Gasteiger partial charge in [-0.1, -0.05) is 51.1 Å². The molecule has 0 bridgehead atoms. The van der Waals surface area contributed by atoms with Crippen LogP contribution in [0, 0.1) is 0 Å². The minimum absolute atomic E-state index is 0.0668. The molecule has 0 spiro atoms. The molecule has 0 aliphatic heterocycles. The average molecular weight is 355 g/mol. The van der Waals surface area contributed by atoms with Crippen molar-refractivity contribution in [2.45, 2.75) is 39.2 Å². The molecular formula is C22H29NO3. The highest BCUT2D eigenvalue weighted by atomic mass is 16.5. The van der Waals surface area contributed by atoms with E-state index in [1.165, 1.54) is 5.56 Å². The Morgan fingerprint density at radius 3 is 2.04 bits per heavy atom. The van der Waals surface area contributed by atoms with Crippen LogP contribution in [-0.2, 0) is 23.2 Å². The lowest BCUT2D eigenvalue weighted by molar-refractivity contribution is -0.129. The monoisotopic (exact) mass is 355 g/mol. The zero-order chi connectivity index (χ0) is 19.3. The van der Waals surface area contributed by atoms with E-state index in [0.29, 0.717) is 24.5 Å². The minimum Gasteiger partial charge on any atom is -0.493 e. The Morgan fingerprint density at radius 1 is 0.923 bits per heavy atom. The molecule has 0 fully saturated rings. The summed E-state index contributed by atoms with van der Waals surface area (Å²) in [4.78, 5) is 14.3. The number of nitrogens with zero attached hydrogens (tertiary/aromatic N) is 1. The normalized spacial score (nSPS) is 11.2. The van der Waals surface area contributed by atoms with Crippen LogP contribution < -0.4 is 9.47 Å². The lowest BCUT2D eigenvalue weighted by Gasteiger charge is -2.21. The van der Waals surface area contributed by atoms with Crippen molar-refractivity contribution in [1.82, 2.24) is 4.90 Å². The Bertz CT molecular complexity index is 745. The zero-order valence-corrected chi connectivity index (χ0v) is 16.6. The van der Waals surface area contributed by atoms with Gasteiger partial charge in [0.2, 0.25) is 5.91 Å². The third-order valence-corrected chi connectivity index (χ3v) is 4.47. The van der Waals surface area contributed by atoms with Crippen molar-refractivity contribution in [3.8, 4) is 11.5 Å². The van der Waals surface area contributed by atoms with Crippen molar-refractivity contribution in [2.24, 2.45) is 0 Å². The van der Waals surface area contributed by atoms with Gasteiger partial charge in [-0.05, 0) is 34.2 Å². The molecule has 4 heteroatoms. The molecule has 0 saturated heterocycles. The van der Waals surface area contributed by atoms with Crippen LogP contribution in [0.4, 0.5) is 0 Å². The number of carbonyl (C=O) groups excluding carboxylic acids is 1. The second kappa shape index (κ2) is 8.26. The van der Waals surface area contributed by atoms with E-state index in [1.807, 2.05) is 25.2 Å². The molecule has 0 N–H and O–H groups in total. The quantitative estimate of drug-likeness (QED) is 0.779. The molecule has 2 aromatic carbocycles. The van der Waals surface area contributed by atoms with Crippen LogP contribution in [-0.4, -0.2) is 32.1 Å². The molecule has 1 amide bonds. The Labute approximate surface area is 156 Å². The number of methoxy groups -OCH3 is 2. The lowest BCUT2D eigenvalue weighted by atomic mass is 9.87. The van der Waals surface area contributed by atoms with E-state index in [4.69, 9.17) is 9.47 Å². The molecule has 0 radical (unpaired) electrons. The van der Waals surface area contributed by atoms with E-state index in [9.17, 15) is 4.79 Å². The van der Waals surface area contributed by atoms with Crippen molar-refractivity contribution in [1.29, 1.82) is 0 Å². The summed E-state index contributed by atoms with van der Waals surface area (Å²) in [6.07, 6.45) is 0.330. The summed E-state index contributed by atoms with van der Waals surface area (Å²) in [6, 6.07) is 14.0. The maximum absolute atomic E-state index is 12.6.